The standard InChI is InChI=1S/C20H23N7O/c1-13-19(14(2)23-12-22-13)20(28)26-16-3-5-17(6-4-16)27-10-15(9-25-27)18-7-8-21-11-24-18/h7-12,16-17H,3-6H2,1-2H3,(H,26,28). The van der Waals surface area contributed by atoms with Crippen LogP contribution in [0.15, 0.2) is 37.3 Å². The van der Waals surface area contributed by atoms with E-state index < -0.39 is 0 Å². The molecular formula is C20H23N7O. The molecule has 1 fully saturated rings. The second-order valence-corrected chi connectivity index (χ2v) is 7.20. The summed E-state index contributed by atoms with van der Waals surface area (Å²) < 4.78 is 2.02. The molecule has 0 atom stereocenters. The molecule has 0 spiro atoms. The van der Waals surface area contributed by atoms with Gasteiger partial charge in [-0.25, -0.2) is 19.9 Å². The van der Waals surface area contributed by atoms with E-state index in [9.17, 15) is 4.79 Å². The summed E-state index contributed by atoms with van der Waals surface area (Å²) in [6.45, 7) is 3.68. The van der Waals surface area contributed by atoms with Crippen molar-refractivity contribution in [2.75, 3.05) is 0 Å². The van der Waals surface area contributed by atoms with Crippen LogP contribution in [0.4, 0.5) is 0 Å². The Morgan fingerprint density at radius 3 is 2.50 bits per heavy atom. The second-order valence-electron chi connectivity index (χ2n) is 7.20. The Hall–Kier alpha value is -3.16. The van der Waals surface area contributed by atoms with Gasteiger partial charge in [-0.1, -0.05) is 0 Å². The quantitative estimate of drug-likeness (QED) is 0.750. The first-order chi connectivity index (χ1) is 13.6. The van der Waals surface area contributed by atoms with Crippen molar-refractivity contribution in [1.29, 1.82) is 0 Å². The highest BCUT2D eigenvalue weighted by Crippen LogP contribution is 2.29. The Labute approximate surface area is 163 Å². The minimum absolute atomic E-state index is 0.0795. The smallest absolute Gasteiger partial charge is 0.255 e. The molecule has 1 N–H and O–H groups in total. The summed E-state index contributed by atoms with van der Waals surface area (Å²) in [5.41, 5.74) is 3.89. The van der Waals surface area contributed by atoms with Crippen molar-refractivity contribution in [3.63, 3.8) is 0 Å². The molecule has 0 unspecified atom stereocenters. The second kappa shape index (κ2) is 7.84. The van der Waals surface area contributed by atoms with Crippen LogP contribution in [0.1, 0.15) is 53.5 Å². The van der Waals surface area contributed by atoms with Crippen LogP contribution in [0.25, 0.3) is 11.3 Å². The molecule has 144 valence electrons. The summed E-state index contributed by atoms with van der Waals surface area (Å²) in [5, 5.41) is 7.68. The van der Waals surface area contributed by atoms with Gasteiger partial charge in [-0.2, -0.15) is 5.10 Å². The summed E-state index contributed by atoms with van der Waals surface area (Å²) in [4.78, 5) is 29.2. The first-order valence-corrected chi connectivity index (χ1v) is 9.51. The Balaban J connectivity index is 1.36. The number of hydrogen-bond acceptors (Lipinski definition) is 6. The molecule has 1 amide bonds. The Bertz CT molecular complexity index is 941. The first kappa shape index (κ1) is 18.2. The van der Waals surface area contributed by atoms with E-state index in [-0.39, 0.29) is 11.9 Å². The van der Waals surface area contributed by atoms with Gasteiger partial charge >= 0.3 is 0 Å². The number of nitrogens with one attached hydrogen (secondary N) is 1. The predicted molar refractivity (Wildman–Crippen MR) is 104 cm³/mol. The van der Waals surface area contributed by atoms with Crippen LogP contribution in [-0.4, -0.2) is 41.7 Å². The van der Waals surface area contributed by atoms with Gasteiger partial charge < -0.3 is 5.32 Å². The zero-order valence-electron chi connectivity index (χ0n) is 16.0. The van der Waals surface area contributed by atoms with Crippen molar-refractivity contribution < 1.29 is 4.79 Å². The molecule has 4 rings (SSSR count). The number of nitrogens with zero attached hydrogens (tertiary/aromatic N) is 6. The van der Waals surface area contributed by atoms with Crippen molar-refractivity contribution in [2.45, 2.75) is 51.6 Å². The van der Waals surface area contributed by atoms with Gasteiger partial charge in [0.2, 0.25) is 0 Å². The molecule has 8 heteroatoms. The molecule has 1 aliphatic rings. The van der Waals surface area contributed by atoms with Gasteiger partial charge in [-0.05, 0) is 45.6 Å². The largest absolute Gasteiger partial charge is 0.349 e. The van der Waals surface area contributed by atoms with Gasteiger partial charge in [-0.15, -0.1) is 0 Å². The lowest BCUT2D eigenvalue weighted by Gasteiger charge is -2.29. The topological polar surface area (TPSA) is 98.5 Å². The van der Waals surface area contributed by atoms with Gasteiger partial charge in [0, 0.05) is 24.0 Å². The lowest BCUT2D eigenvalue weighted by atomic mass is 9.91. The van der Waals surface area contributed by atoms with Crippen molar-refractivity contribution >= 4 is 5.91 Å². The fourth-order valence-corrected chi connectivity index (χ4v) is 3.80. The van der Waals surface area contributed by atoms with E-state index >= 15 is 0 Å². The van der Waals surface area contributed by atoms with Crippen molar-refractivity contribution in [3.05, 3.63) is 54.3 Å². The molecule has 3 aromatic rings. The average molecular weight is 377 g/mol. The molecule has 28 heavy (non-hydrogen) atoms. The Kier molecular flexibility index (Phi) is 5.10. The summed E-state index contributed by atoms with van der Waals surface area (Å²) >= 11 is 0. The molecule has 3 aromatic heterocycles. The predicted octanol–water partition coefficient (Wildman–Crippen LogP) is 2.66. The lowest BCUT2D eigenvalue weighted by Crippen LogP contribution is -2.38. The molecule has 3 heterocycles. The fraction of sp³-hybridized carbons (Fsp3) is 0.400. The van der Waals surface area contributed by atoms with E-state index in [0.717, 1.165) is 36.9 Å². The highest BCUT2D eigenvalue weighted by molar-refractivity contribution is 5.96. The van der Waals surface area contributed by atoms with E-state index in [1.165, 1.54) is 6.33 Å². The third kappa shape index (κ3) is 3.76. The molecule has 1 aliphatic carbocycles. The van der Waals surface area contributed by atoms with Crippen molar-refractivity contribution in [3.8, 4) is 11.3 Å². The summed E-state index contributed by atoms with van der Waals surface area (Å²) in [7, 11) is 0. The van der Waals surface area contributed by atoms with Crippen LogP contribution in [0.3, 0.4) is 0 Å². The van der Waals surface area contributed by atoms with Crippen LogP contribution < -0.4 is 5.32 Å². The van der Waals surface area contributed by atoms with Crippen LogP contribution in [0.2, 0.25) is 0 Å². The highest BCUT2D eigenvalue weighted by Gasteiger charge is 2.25. The van der Waals surface area contributed by atoms with Crippen LogP contribution in [0.5, 0.6) is 0 Å². The maximum absolute atomic E-state index is 12.6. The monoisotopic (exact) mass is 377 g/mol. The van der Waals surface area contributed by atoms with Gasteiger partial charge in [0.05, 0.1) is 34.9 Å². The van der Waals surface area contributed by atoms with E-state index in [2.05, 4.69) is 30.4 Å². The van der Waals surface area contributed by atoms with E-state index in [0.29, 0.717) is 23.0 Å². The number of aryl methyl sites for hydroxylation is 2. The lowest BCUT2D eigenvalue weighted by molar-refractivity contribution is 0.0919. The Morgan fingerprint density at radius 2 is 1.82 bits per heavy atom. The number of aromatic nitrogens is 6. The van der Waals surface area contributed by atoms with Crippen molar-refractivity contribution in [2.24, 2.45) is 0 Å². The van der Waals surface area contributed by atoms with Crippen LogP contribution in [-0.2, 0) is 0 Å². The molecule has 0 saturated heterocycles. The maximum Gasteiger partial charge on any atom is 0.255 e. The van der Waals surface area contributed by atoms with Crippen LogP contribution in [0, 0.1) is 13.8 Å². The zero-order chi connectivity index (χ0) is 19.5. The Morgan fingerprint density at radius 1 is 1.07 bits per heavy atom. The number of rotatable bonds is 4. The van der Waals surface area contributed by atoms with E-state index in [4.69, 9.17) is 0 Å². The van der Waals surface area contributed by atoms with Gasteiger partial charge in [-0.3, -0.25) is 9.48 Å². The molecule has 0 aromatic carbocycles. The molecular weight excluding hydrogens is 354 g/mol. The van der Waals surface area contributed by atoms with Crippen LogP contribution >= 0.6 is 0 Å². The fourth-order valence-electron chi connectivity index (χ4n) is 3.80. The summed E-state index contributed by atoms with van der Waals surface area (Å²) in [6, 6.07) is 2.39. The third-order valence-corrected chi connectivity index (χ3v) is 5.34. The summed E-state index contributed by atoms with van der Waals surface area (Å²) in [5.74, 6) is -0.0795. The maximum atomic E-state index is 12.6. The van der Waals surface area contributed by atoms with E-state index in [1.54, 1.807) is 12.5 Å². The number of amides is 1. The van der Waals surface area contributed by atoms with Gasteiger partial charge in [0.1, 0.15) is 12.7 Å². The first-order valence-electron chi connectivity index (χ1n) is 9.51. The van der Waals surface area contributed by atoms with Gasteiger partial charge in [0.25, 0.3) is 5.91 Å². The van der Waals surface area contributed by atoms with Gasteiger partial charge in [0.15, 0.2) is 0 Å². The number of carbonyl (C=O) groups is 1. The summed E-state index contributed by atoms with van der Waals surface area (Å²) in [6.07, 6.45) is 12.4. The molecule has 0 radical (unpaired) electrons. The zero-order valence-corrected chi connectivity index (χ0v) is 16.0. The van der Waals surface area contributed by atoms with Crippen molar-refractivity contribution in [1.82, 2.24) is 35.0 Å². The average Bonchev–Trinajstić information content (AvgIpc) is 3.19. The molecule has 8 nitrogen and oxygen atoms in total. The highest BCUT2D eigenvalue weighted by atomic mass is 16.1. The normalized spacial score (nSPS) is 19.4. The minimum Gasteiger partial charge on any atom is -0.349 e. The minimum atomic E-state index is -0.0795. The number of hydrogen-bond donors (Lipinski definition) is 1. The molecule has 0 aliphatic heterocycles. The number of carbonyl (C=O) groups excluding carboxylic acids is 1. The third-order valence-electron chi connectivity index (χ3n) is 5.34. The molecule has 1 saturated carbocycles. The van der Waals surface area contributed by atoms with E-state index in [1.807, 2.05) is 37.0 Å². The molecule has 0 bridgehead atoms. The SMILES string of the molecule is Cc1ncnc(C)c1C(=O)NC1CCC(n2cc(-c3ccncn3)cn2)CC1.